The van der Waals surface area contributed by atoms with Crippen LogP contribution in [-0.4, -0.2) is 18.2 Å². The zero-order valence-corrected chi connectivity index (χ0v) is 20.6. The Morgan fingerprint density at radius 1 is 1.03 bits per heavy atom. The maximum absolute atomic E-state index is 14.7. The van der Waals surface area contributed by atoms with Gasteiger partial charge in [-0.05, 0) is 89.6 Å². The first-order valence-corrected chi connectivity index (χ1v) is 12.2. The number of hydrogen-bond donors (Lipinski definition) is 1. The van der Waals surface area contributed by atoms with Gasteiger partial charge in [-0.25, -0.2) is 4.39 Å². The van der Waals surface area contributed by atoms with Crippen LogP contribution in [0.3, 0.4) is 0 Å². The fourth-order valence-corrected chi connectivity index (χ4v) is 4.69. The normalized spacial score (nSPS) is 14.1. The molecule has 1 aliphatic rings. The van der Waals surface area contributed by atoms with Gasteiger partial charge < -0.3 is 14.6 Å². The zero-order chi connectivity index (χ0) is 24.9. The Kier molecular flexibility index (Phi) is 7.74. The molecule has 0 amide bonds. The highest BCUT2D eigenvalue weighted by atomic mass is 19.1. The van der Waals surface area contributed by atoms with E-state index in [1.807, 2.05) is 36.4 Å². The van der Waals surface area contributed by atoms with Gasteiger partial charge in [-0.15, -0.1) is 0 Å². The highest BCUT2D eigenvalue weighted by Gasteiger charge is 2.33. The minimum Gasteiger partial charge on any atom is -0.497 e. The molecule has 1 unspecified atom stereocenters. The van der Waals surface area contributed by atoms with E-state index in [4.69, 9.17) is 9.47 Å². The van der Waals surface area contributed by atoms with E-state index in [0.29, 0.717) is 29.8 Å². The molecule has 0 aromatic heterocycles. The van der Waals surface area contributed by atoms with Crippen LogP contribution in [0.4, 0.5) is 4.39 Å². The topological polar surface area (TPSA) is 55.8 Å². The number of benzene rings is 3. The average molecular weight is 477 g/mol. The van der Waals surface area contributed by atoms with E-state index < -0.39 is 5.97 Å². The van der Waals surface area contributed by atoms with E-state index in [2.05, 4.69) is 19.9 Å². The summed E-state index contributed by atoms with van der Waals surface area (Å²) in [6.45, 7) is 4.67. The number of hydrogen-bond acceptors (Lipinski definition) is 3. The van der Waals surface area contributed by atoms with Crippen molar-refractivity contribution in [2.24, 2.45) is 11.8 Å². The second-order valence-corrected chi connectivity index (χ2v) is 9.84. The minimum absolute atomic E-state index is 0.0331. The van der Waals surface area contributed by atoms with E-state index in [9.17, 15) is 14.3 Å². The minimum atomic E-state index is -0.765. The Balaban J connectivity index is 1.55. The number of halogens is 1. The first kappa shape index (κ1) is 24.8. The van der Waals surface area contributed by atoms with Crippen LogP contribution in [0, 0.1) is 17.7 Å². The van der Waals surface area contributed by atoms with Crippen LogP contribution >= 0.6 is 0 Å². The van der Waals surface area contributed by atoms with Crippen LogP contribution in [0.25, 0.3) is 11.1 Å². The van der Waals surface area contributed by atoms with Crippen molar-refractivity contribution in [2.75, 3.05) is 7.11 Å². The summed E-state index contributed by atoms with van der Waals surface area (Å²) in [4.78, 5) is 11.3. The first-order chi connectivity index (χ1) is 16.8. The number of carboxylic acids is 1. The molecule has 5 heteroatoms. The number of carboxylic acid groups (broad SMARTS) is 1. The van der Waals surface area contributed by atoms with Crippen molar-refractivity contribution in [1.29, 1.82) is 0 Å². The van der Waals surface area contributed by atoms with Gasteiger partial charge >= 0.3 is 5.97 Å². The summed E-state index contributed by atoms with van der Waals surface area (Å²) >= 11 is 0. The standard InChI is InChI=1S/C30H33FO4/c1-19(2)13-23-14-20(7-11-26(23)28-16-24(34-3)10-12-29(28)31)18-35-25-6-4-5-22(15-25)27(17-30(32)33)21-8-9-21/h4-7,10-12,14-16,19,21,27H,8-9,13,17-18H2,1-3H3,(H,32,33). The Morgan fingerprint density at radius 3 is 2.51 bits per heavy atom. The molecule has 35 heavy (non-hydrogen) atoms. The number of aliphatic carboxylic acids is 1. The zero-order valence-electron chi connectivity index (χ0n) is 20.6. The van der Waals surface area contributed by atoms with Gasteiger partial charge in [-0.1, -0.05) is 44.2 Å². The lowest BCUT2D eigenvalue weighted by Gasteiger charge is -2.17. The molecular weight excluding hydrogens is 443 g/mol. The van der Waals surface area contributed by atoms with Gasteiger partial charge in [0.2, 0.25) is 0 Å². The predicted molar refractivity (Wildman–Crippen MR) is 135 cm³/mol. The molecule has 1 fully saturated rings. The van der Waals surface area contributed by atoms with Crippen LogP contribution in [-0.2, 0) is 17.8 Å². The van der Waals surface area contributed by atoms with Gasteiger partial charge in [0.05, 0.1) is 13.5 Å². The average Bonchev–Trinajstić information content (AvgIpc) is 3.67. The van der Waals surface area contributed by atoms with Gasteiger partial charge in [0.25, 0.3) is 0 Å². The molecule has 4 rings (SSSR count). The molecule has 3 aromatic rings. The Morgan fingerprint density at radius 2 is 1.83 bits per heavy atom. The fourth-order valence-electron chi connectivity index (χ4n) is 4.69. The maximum atomic E-state index is 14.7. The molecule has 0 radical (unpaired) electrons. The summed E-state index contributed by atoms with van der Waals surface area (Å²) < 4.78 is 26.1. The highest BCUT2D eigenvalue weighted by molar-refractivity contribution is 5.70. The van der Waals surface area contributed by atoms with Crippen LogP contribution < -0.4 is 9.47 Å². The van der Waals surface area contributed by atoms with Crippen LogP contribution in [0.5, 0.6) is 11.5 Å². The quantitative estimate of drug-likeness (QED) is 0.317. The number of carbonyl (C=O) groups is 1. The van der Waals surface area contributed by atoms with Gasteiger partial charge in [0, 0.05) is 5.56 Å². The molecule has 0 aliphatic heterocycles. The van der Waals surface area contributed by atoms with Crippen molar-refractivity contribution < 1.29 is 23.8 Å². The molecule has 4 nitrogen and oxygen atoms in total. The molecule has 1 atom stereocenters. The summed E-state index contributed by atoms with van der Waals surface area (Å²) in [5.41, 5.74) is 4.49. The molecule has 0 heterocycles. The summed E-state index contributed by atoms with van der Waals surface area (Å²) in [6.07, 6.45) is 3.13. The maximum Gasteiger partial charge on any atom is 0.303 e. The SMILES string of the molecule is COc1ccc(F)c(-c2ccc(COc3cccc(C(CC(=O)O)C4CC4)c3)cc2CC(C)C)c1. The summed E-state index contributed by atoms with van der Waals surface area (Å²) in [7, 11) is 1.58. The summed E-state index contributed by atoms with van der Waals surface area (Å²) in [6, 6.07) is 18.6. The van der Waals surface area contributed by atoms with Crippen molar-refractivity contribution >= 4 is 5.97 Å². The third kappa shape index (κ3) is 6.41. The molecule has 1 saturated carbocycles. The first-order valence-electron chi connectivity index (χ1n) is 12.2. The molecule has 1 aliphatic carbocycles. The second-order valence-electron chi connectivity index (χ2n) is 9.84. The summed E-state index contributed by atoms with van der Waals surface area (Å²) in [5, 5.41) is 9.32. The number of ether oxygens (including phenoxy) is 2. The predicted octanol–water partition coefficient (Wildman–Crippen LogP) is 7.25. The van der Waals surface area contributed by atoms with E-state index in [1.165, 1.54) is 6.07 Å². The lowest BCUT2D eigenvalue weighted by Crippen LogP contribution is -2.08. The van der Waals surface area contributed by atoms with Crippen molar-refractivity contribution in [3.05, 3.63) is 83.2 Å². The van der Waals surface area contributed by atoms with E-state index >= 15 is 0 Å². The van der Waals surface area contributed by atoms with Crippen LogP contribution in [0.15, 0.2) is 60.7 Å². The van der Waals surface area contributed by atoms with Crippen molar-refractivity contribution in [2.45, 2.75) is 52.1 Å². The van der Waals surface area contributed by atoms with E-state index in [1.54, 1.807) is 19.2 Å². The van der Waals surface area contributed by atoms with Crippen LogP contribution in [0.2, 0.25) is 0 Å². The molecule has 0 bridgehead atoms. The van der Waals surface area contributed by atoms with Crippen molar-refractivity contribution in [1.82, 2.24) is 0 Å². The molecule has 0 saturated heterocycles. The highest BCUT2D eigenvalue weighted by Crippen LogP contribution is 2.45. The fraction of sp³-hybridized carbons (Fsp3) is 0.367. The lowest BCUT2D eigenvalue weighted by molar-refractivity contribution is -0.137. The third-order valence-corrected chi connectivity index (χ3v) is 6.54. The molecule has 1 N–H and O–H groups in total. The van der Waals surface area contributed by atoms with Gasteiger partial charge in [0.1, 0.15) is 23.9 Å². The Hall–Kier alpha value is -3.34. The number of methoxy groups -OCH3 is 1. The monoisotopic (exact) mass is 476 g/mol. The van der Waals surface area contributed by atoms with Crippen molar-refractivity contribution in [3.63, 3.8) is 0 Å². The Bertz CT molecular complexity index is 1180. The van der Waals surface area contributed by atoms with Crippen LogP contribution in [0.1, 0.15) is 55.7 Å². The third-order valence-electron chi connectivity index (χ3n) is 6.54. The van der Waals surface area contributed by atoms with Crippen molar-refractivity contribution in [3.8, 4) is 22.6 Å². The molecule has 184 valence electrons. The smallest absolute Gasteiger partial charge is 0.303 e. The summed E-state index contributed by atoms with van der Waals surface area (Å²) in [5.74, 6) is 1.20. The van der Waals surface area contributed by atoms with Gasteiger partial charge in [-0.3, -0.25) is 4.79 Å². The van der Waals surface area contributed by atoms with Gasteiger partial charge in [-0.2, -0.15) is 0 Å². The van der Waals surface area contributed by atoms with Gasteiger partial charge in [0.15, 0.2) is 0 Å². The largest absolute Gasteiger partial charge is 0.497 e. The molecule has 0 spiro atoms. The lowest BCUT2D eigenvalue weighted by atomic mass is 9.91. The number of rotatable bonds is 11. The second kappa shape index (κ2) is 10.9. The van der Waals surface area contributed by atoms with E-state index in [0.717, 1.165) is 47.3 Å². The molecule has 3 aromatic carbocycles. The molecular formula is C30H33FO4. The Labute approximate surface area is 206 Å². The van der Waals surface area contributed by atoms with E-state index in [-0.39, 0.29) is 18.2 Å².